The highest BCUT2D eigenvalue weighted by atomic mass is 32.1. The number of benzene rings is 2. The highest BCUT2D eigenvalue weighted by molar-refractivity contribution is 7.17. The molecule has 0 radical (unpaired) electrons. The molecule has 1 N–H and O–H groups in total. The van der Waals surface area contributed by atoms with E-state index < -0.39 is 0 Å². The van der Waals surface area contributed by atoms with Crippen LogP contribution in [0.25, 0.3) is 10.4 Å². The molecule has 3 aromatic rings. The van der Waals surface area contributed by atoms with Crippen LogP contribution in [0.5, 0.6) is 5.75 Å². The van der Waals surface area contributed by atoms with Crippen LogP contribution in [0.1, 0.15) is 26.4 Å². The Morgan fingerprint density at radius 1 is 1.15 bits per heavy atom. The van der Waals surface area contributed by atoms with Crippen LogP contribution < -0.4 is 10.1 Å². The molecular formula is C21H16N2O2S. The third kappa shape index (κ3) is 2.96. The van der Waals surface area contributed by atoms with Gasteiger partial charge < -0.3 is 10.1 Å². The molecule has 0 spiro atoms. The second kappa shape index (κ2) is 6.66. The summed E-state index contributed by atoms with van der Waals surface area (Å²) in [4.78, 5) is 14.5. The van der Waals surface area contributed by atoms with E-state index in [0.29, 0.717) is 16.1 Å². The van der Waals surface area contributed by atoms with E-state index in [1.165, 1.54) is 28.0 Å². The zero-order chi connectivity index (χ0) is 18.1. The van der Waals surface area contributed by atoms with Crippen molar-refractivity contribution in [2.75, 3.05) is 12.4 Å². The second-order valence-electron chi connectivity index (χ2n) is 6.13. The number of nitriles is 1. The van der Waals surface area contributed by atoms with E-state index in [1.54, 1.807) is 31.4 Å². The summed E-state index contributed by atoms with van der Waals surface area (Å²) >= 11 is 1.51. The van der Waals surface area contributed by atoms with E-state index >= 15 is 0 Å². The van der Waals surface area contributed by atoms with Crippen molar-refractivity contribution in [2.45, 2.75) is 12.8 Å². The molecule has 0 aliphatic heterocycles. The quantitative estimate of drug-likeness (QED) is 0.740. The largest absolute Gasteiger partial charge is 0.497 e. The Morgan fingerprint density at radius 3 is 2.81 bits per heavy atom. The van der Waals surface area contributed by atoms with E-state index in [-0.39, 0.29) is 5.91 Å². The topological polar surface area (TPSA) is 62.1 Å². The van der Waals surface area contributed by atoms with Crippen molar-refractivity contribution in [3.05, 3.63) is 70.1 Å². The van der Waals surface area contributed by atoms with E-state index in [2.05, 4.69) is 23.5 Å². The SMILES string of the molecule is COc1ccc2c(c1)CCc1cc(C(=O)Nc3cccc(C#N)c3)sc1-2. The summed E-state index contributed by atoms with van der Waals surface area (Å²) in [5.41, 5.74) is 4.81. The predicted octanol–water partition coefficient (Wildman–Crippen LogP) is 4.65. The molecule has 1 aliphatic rings. The number of thiophene rings is 1. The zero-order valence-electron chi connectivity index (χ0n) is 14.2. The molecule has 1 amide bonds. The van der Waals surface area contributed by atoms with Crippen LogP contribution in [0.4, 0.5) is 5.69 Å². The molecule has 0 unspecified atom stereocenters. The van der Waals surface area contributed by atoms with Crippen LogP contribution in [0.2, 0.25) is 0 Å². The average molecular weight is 360 g/mol. The first-order chi connectivity index (χ1) is 12.7. The fraction of sp³-hybridized carbons (Fsp3) is 0.143. The van der Waals surface area contributed by atoms with E-state index in [1.807, 2.05) is 12.1 Å². The Kier molecular flexibility index (Phi) is 4.19. The van der Waals surface area contributed by atoms with Gasteiger partial charge in [-0.2, -0.15) is 5.26 Å². The molecule has 0 bridgehead atoms. The van der Waals surface area contributed by atoms with Gasteiger partial charge in [0.2, 0.25) is 0 Å². The van der Waals surface area contributed by atoms with Crippen LogP contribution in [-0.4, -0.2) is 13.0 Å². The third-order valence-electron chi connectivity index (χ3n) is 4.50. The fourth-order valence-electron chi connectivity index (χ4n) is 3.21. The maximum Gasteiger partial charge on any atom is 0.265 e. The van der Waals surface area contributed by atoms with Gasteiger partial charge in [0.25, 0.3) is 5.91 Å². The molecule has 0 atom stereocenters. The minimum atomic E-state index is -0.144. The number of nitrogens with zero attached hydrogens (tertiary/aromatic N) is 1. The number of fused-ring (bicyclic) bond motifs is 3. The number of carbonyl (C=O) groups is 1. The normalized spacial score (nSPS) is 11.8. The van der Waals surface area contributed by atoms with Gasteiger partial charge in [-0.1, -0.05) is 6.07 Å². The first-order valence-corrected chi connectivity index (χ1v) is 9.11. The Hall–Kier alpha value is -3.10. The van der Waals surface area contributed by atoms with Gasteiger partial charge in [-0.25, -0.2) is 0 Å². The van der Waals surface area contributed by atoms with Crippen molar-refractivity contribution in [1.29, 1.82) is 5.26 Å². The number of amides is 1. The Labute approximate surface area is 155 Å². The maximum atomic E-state index is 12.6. The molecule has 26 heavy (non-hydrogen) atoms. The first-order valence-electron chi connectivity index (χ1n) is 8.29. The lowest BCUT2D eigenvalue weighted by Crippen LogP contribution is -2.10. The van der Waals surface area contributed by atoms with Gasteiger partial charge in [0.15, 0.2) is 0 Å². The highest BCUT2D eigenvalue weighted by Gasteiger charge is 2.22. The van der Waals surface area contributed by atoms with Gasteiger partial charge in [0.05, 0.1) is 23.6 Å². The van der Waals surface area contributed by atoms with Gasteiger partial charge in [-0.05, 0) is 72.0 Å². The van der Waals surface area contributed by atoms with Crippen molar-refractivity contribution in [3.63, 3.8) is 0 Å². The number of ether oxygens (including phenoxy) is 1. The molecule has 2 aromatic carbocycles. The maximum absolute atomic E-state index is 12.6. The van der Waals surface area contributed by atoms with Crippen LogP contribution in [0.3, 0.4) is 0 Å². The molecule has 4 nitrogen and oxygen atoms in total. The number of aryl methyl sites for hydroxylation is 2. The van der Waals surface area contributed by atoms with Gasteiger partial charge in [0, 0.05) is 10.6 Å². The molecular weight excluding hydrogens is 344 g/mol. The lowest BCUT2D eigenvalue weighted by molar-refractivity contribution is 0.103. The standard InChI is InChI=1S/C21H16N2O2S/c1-25-17-7-8-18-14(10-17)5-6-15-11-19(26-20(15)18)21(24)23-16-4-2-3-13(9-16)12-22/h2-4,7-11H,5-6H2,1H3,(H,23,24). The second-order valence-corrected chi connectivity index (χ2v) is 7.19. The van der Waals surface area contributed by atoms with Gasteiger partial charge in [-0.15, -0.1) is 11.3 Å². The minimum Gasteiger partial charge on any atom is -0.497 e. The fourth-order valence-corrected chi connectivity index (χ4v) is 4.37. The summed E-state index contributed by atoms with van der Waals surface area (Å²) in [5.74, 6) is 0.716. The van der Waals surface area contributed by atoms with Crippen LogP contribution in [0.15, 0.2) is 48.5 Å². The number of methoxy groups -OCH3 is 1. The number of hydrogen-bond acceptors (Lipinski definition) is 4. The van der Waals surface area contributed by atoms with Crippen molar-refractivity contribution in [3.8, 4) is 22.3 Å². The van der Waals surface area contributed by atoms with Gasteiger partial charge in [0.1, 0.15) is 5.75 Å². The van der Waals surface area contributed by atoms with Gasteiger partial charge in [-0.3, -0.25) is 4.79 Å². The minimum absolute atomic E-state index is 0.144. The number of hydrogen-bond donors (Lipinski definition) is 1. The summed E-state index contributed by atoms with van der Waals surface area (Å²) < 4.78 is 5.31. The van der Waals surface area contributed by atoms with E-state index in [9.17, 15) is 4.79 Å². The molecule has 0 saturated heterocycles. The van der Waals surface area contributed by atoms with Gasteiger partial charge >= 0.3 is 0 Å². The molecule has 1 aliphatic carbocycles. The van der Waals surface area contributed by atoms with Crippen molar-refractivity contribution < 1.29 is 9.53 Å². The zero-order valence-corrected chi connectivity index (χ0v) is 15.0. The smallest absolute Gasteiger partial charge is 0.265 e. The molecule has 1 aromatic heterocycles. The van der Waals surface area contributed by atoms with Crippen molar-refractivity contribution >= 4 is 22.9 Å². The van der Waals surface area contributed by atoms with E-state index in [4.69, 9.17) is 10.00 Å². The molecule has 4 rings (SSSR count). The number of carbonyl (C=O) groups excluding carboxylic acids is 1. The molecule has 0 saturated carbocycles. The first kappa shape index (κ1) is 16.4. The molecule has 1 heterocycles. The van der Waals surface area contributed by atoms with Crippen LogP contribution >= 0.6 is 11.3 Å². The van der Waals surface area contributed by atoms with Crippen LogP contribution in [-0.2, 0) is 12.8 Å². The van der Waals surface area contributed by atoms with E-state index in [0.717, 1.165) is 23.5 Å². The molecule has 128 valence electrons. The number of nitrogens with one attached hydrogen (secondary N) is 1. The third-order valence-corrected chi connectivity index (χ3v) is 5.71. The summed E-state index contributed by atoms with van der Waals surface area (Å²) in [6.07, 6.45) is 1.87. The Balaban J connectivity index is 1.63. The lowest BCUT2D eigenvalue weighted by atomic mass is 9.91. The van der Waals surface area contributed by atoms with Crippen molar-refractivity contribution in [1.82, 2.24) is 0 Å². The number of rotatable bonds is 3. The summed E-state index contributed by atoms with van der Waals surface area (Å²) in [6, 6.07) is 17.1. The number of anilines is 1. The van der Waals surface area contributed by atoms with Crippen LogP contribution in [0, 0.1) is 11.3 Å². The summed E-state index contributed by atoms with van der Waals surface area (Å²) in [5, 5.41) is 11.9. The Bertz CT molecular complexity index is 1050. The summed E-state index contributed by atoms with van der Waals surface area (Å²) in [7, 11) is 1.67. The monoisotopic (exact) mass is 360 g/mol. The summed E-state index contributed by atoms with van der Waals surface area (Å²) in [6.45, 7) is 0. The predicted molar refractivity (Wildman–Crippen MR) is 103 cm³/mol. The average Bonchev–Trinajstić information content (AvgIpc) is 3.12. The lowest BCUT2D eigenvalue weighted by Gasteiger charge is -2.16. The van der Waals surface area contributed by atoms with Crippen molar-refractivity contribution in [2.24, 2.45) is 0 Å². The Morgan fingerprint density at radius 2 is 2.00 bits per heavy atom. The highest BCUT2D eigenvalue weighted by Crippen LogP contribution is 2.41. The molecule has 5 heteroatoms. The molecule has 0 fully saturated rings.